The lowest BCUT2D eigenvalue weighted by molar-refractivity contribution is 0.489. The van der Waals surface area contributed by atoms with E-state index in [1.165, 1.54) is 6.07 Å². The zero-order chi connectivity index (χ0) is 13.8. The van der Waals surface area contributed by atoms with Crippen LogP contribution in [-0.4, -0.2) is 14.5 Å². The van der Waals surface area contributed by atoms with Crippen molar-refractivity contribution in [2.24, 2.45) is 5.92 Å². The average Bonchev–Trinajstić information content (AvgIpc) is 2.64. The number of sulfonamides is 1. The van der Waals surface area contributed by atoms with Gasteiger partial charge < -0.3 is 5.73 Å². The van der Waals surface area contributed by atoms with E-state index in [0.717, 1.165) is 30.6 Å². The third kappa shape index (κ3) is 4.96. The topological polar surface area (TPSA) is 72.2 Å². The molecule has 0 aliphatic rings. The molecule has 0 spiro atoms. The third-order valence-electron chi connectivity index (χ3n) is 2.64. The standard InChI is InChI=1S/C12H22N2O2S2/c1-9(2)5-4-6-10(3)14-18(15,16)12-7-11(13)8-17-12/h7-10,14H,4-6,13H2,1-3H3. The number of nitrogen functional groups attached to an aromatic ring is 1. The second-order valence-electron chi connectivity index (χ2n) is 5.05. The van der Waals surface area contributed by atoms with Gasteiger partial charge in [0.1, 0.15) is 4.21 Å². The summed E-state index contributed by atoms with van der Waals surface area (Å²) < 4.78 is 27.0. The maximum Gasteiger partial charge on any atom is 0.250 e. The number of nitrogens with one attached hydrogen (secondary N) is 1. The highest BCUT2D eigenvalue weighted by Crippen LogP contribution is 2.22. The van der Waals surface area contributed by atoms with Gasteiger partial charge in [-0.15, -0.1) is 11.3 Å². The van der Waals surface area contributed by atoms with Crippen molar-refractivity contribution in [1.29, 1.82) is 0 Å². The van der Waals surface area contributed by atoms with Crippen LogP contribution in [0.3, 0.4) is 0 Å². The summed E-state index contributed by atoms with van der Waals surface area (Å²) in [6.45, 7) is 6.24. The molecule has 1 heterocycles. The summed E-state index contributed by atoms with van der Waals surface area (Å²) in [6.07, 6.45) is 3.02. The van der Waals surface area contributed by atoms with Crippen molar-refractivity contribution >= 4 is 27.0 Å². The van der Waals surface area contributed by atoms with Crippen LogP contribution in [0.2, 0.25) is 0 Å². The Morgan fingerprint density at radius 1 is 1.33 bits per heavy atom. The van der Waals surface area contributed by atoms with Gasteiger partial charge in [0.2, 0.25) is 10.0 Å². The zero-order valence-corrected chi connectivity index (χ0v) is 12.8. The molecule has 3 N–H and O–H groups in total. The lowest BCUT2D eigenvalue weighted by Gasteiger charge is -2.13. The first-order valence-corrected chi connectivity index (χ1v) is 8.54. The molecule has 0 fully saturated rings. The molecule has 1 atom stereocenters. The van der Waals surface area contributed by atoms with E-state index in [1.54, 1.807) is 5.38 Å². The molecule has 0 aromatic carbocycles. The van der Waals surface area contributed by atoms with E-state index < -0.39 is 10.0 Å². The van der Waals surface area contributed by atoms with E-state index in [2.05, 4.69) is 18.6 Å². The quantitative estimate of drug-likeness (QED) is 0.811. The Hall–Kier alpha value is -0.590. The van der Waals surface area contributed by atoms with E-state index in [9.17, 15) is 8.42 Å². The van der Waals surface area contributed by atoms with Gasteiger partial charge in [-0.25, -0.2) is 13.1 Å². The minimum absolute atomic E-state index is 0.0444. The second kappa shape index (κ2) is 6.54. The van der Waals surface area contributed by atoms with E-state index in [0.29, 0.717) is 11.6 Å². The Kier molecular flexibility index (Phi) is 5.62. The molecule has 1 unspecified atom stereocenters. The SMILES string of the molecule is CC(C)CCCC(C)NS(=O)(=O)c1cc(N)cs1. The maximum absolute atomic E-state index is 12.0. The van der Waals surface area contributed by atoms with Crippen LogP contribution in [0.4, 0.5) is 5.69 Å². The van der Waals surface area contributed by atoms with Crippen molar-refractivity contribution in [3.8, 4) is 0 Å². The summed E-state index contributed by atoms with van der Waals surface area (Å²) in [6, 6.07) is 1.45. The van der Waals surface area contributed by atoms with Crippen LogP contribution in [0.25, 0.3) is 0 Å². The molecule has 0 saturated heterocycles. The van der Waals surface area contributed by atoms with E-state index in [1.807, 2.05) is 6.92 Å². The maximum atomic E-state index is 12.0. The molecule has 6 heteroatoms. The molecular weight excluding hydrogens is 268 g/mol. The van der Waals surface area contributed by atoms with Gasteiger partial charge in [-0.05, 0) is 25.3 Å². The summed E-state index contributed by atoms with van der Waals surface area (Å²) in [5, 5.41) is 1.64. The molecule has 104 valence electrons. The van der Waals surface area contributed by atoms with E-state index >= 15 is 0 Å². The summed E-state index contributed by atoms with van der Waals surface area (Å²) in [5.74, 6) is 0.658. The Bertz CT molecular complexity index is 466. The monoisotopic (exact) mass is 290 g/mol. The van der Waals surface area contributed by atoms with Crippen LogP contribution in [0.5, 0.6) is 0 Å². The van der Waals surface area contributed by atoms with Crippen LogP contribution in [0.15, 0.2) is 15.7 Å². The van der Waals surface area contributed by atoms with Gasteiger partial charge >= 0.3 is 0 Å². The highest BCUT2D eigenvalue weighted by molar-refractivity contribution is 7.91. The van der Waals surface area contributed by atoms with Crippen LogP contribution in [0, 0.1) is 5.92 Å². The zero-order valence-electron chi connectivity index (χ0n) is 11.1. The Morgan fingerprint density at radius 3 is 2.50 bits per heavy atom. The third-order valence-corrected chi connectivity index (χ3v) is 5.68. The molecule has 0 amide bonds. The van der Waals surface area contributed by atoms with Crippen molar-refractivity contribution in [1.82, 2.24) is 4.72 Å². The molecule has 4 nitrogen and oxygen atoms in total. The number of hydrogen-bond acceptors (Lipinski definition) is 4. The van der Waals surface area contributed by atoms with Gasteiger partial charge in [0.05, 0.1) is 0 Å². The predicted molar refractivity (Wildman–Crippen MR) is 77.2 cm³/mol. The van der Waals surface area contributed by atoms with Crippen LogP contribution >= 0.6 is 11.3 Å². The average molecular weight is 290 g/mol. The highest BCUT2D eigenvalue weighted by Gasteiger charge is 2.18. The Morgan fingerprint density at radius 2 is 2.00 bits per heavy atom. The van der Waals surface area contributed by atoms with Gasteiger partial charge in [0.15, 0.2) is 0 Å². The summed E-state index contributed by atoms with van der Waals surface area (Å²) in [4.78, 5) is 0. The van der Waals surface area contributed by atoms with Crippen LogP contribution < -0.4 is 10.5 Å². The fourth-order valence-corrected chi connectivity index (χ4v) is 4.06. The molecule has 0 radical (unpaired) electrons. The largest absolute Gasteiger partial charge is 0.398 e. The predicted octanol–water partition coefficient (Wildman–Crippen LogP) is 2.82. The number of rotatable bonds is 7. The normalized spacial score (nSPS) is 14.0. The second-order valence-corrected chi connectivity index (χ2v) is 7.90. The van der Waals surface area contributed by atoms with Crippen molar-refractivity contribution in [3.05, 3.63) is 11.4 Å². The minimum atomic E-state index is -3.40. The molecule has 0 bridgehead atoms. The van der Waals surface area contributed by atoms with E-state index in [-0.39, 0.29) is 10.3 Å². The van der Waals surface area contributed by atoms with Crippen molar-refractivity contribution in [2.45, 2.75) is 50.3 Å². The van der Waals surface area contributed by atoms with Gasteiger partial charge in [0, 0.05) is 17.1 Å². The fraction of sp³-hybridized carbons (Fsp3) is 0.667. The summed E-state index contributed by atoms with van der Waals surface area (Å²) >= 11 is 1.15. The van der Waals surface area contributed by atoms with Crippen molar-refractivity contribution < 1.29 is 8.42 Å². The number of nitrogens with two attached hydrogens (primary N) is 1. The van der Waals surface area contributed by atoms with Gasteiger partial charge in [-0.1, -0.05) is 26.7 Å². The first-order valence-electron chi connectivity index (χ1n) is 6.17. The lowest BCUT2D eigenvalue weighted by Crippen LogP contribution is -2.32. The molecule has 18 heavy (non-hydrogen) atoms. The first kappa shape index (κ1) is 15.5. The van der Waals surface area contributed by atoms with Gasteiger partial charge in [0.25, 0.3) is 0 Å². The van der Waals surface area contributed by atoms with Gasteiger partial charge in [-0.3, -0.25) is 0 Å². The number of hydrogen-bond donors (Lipinski definition) is 2. The lowest BCUT2D eigenvalue weighted by atomic mass is 10.0. The molecule has 1 aromatic rings. The fourth-order valence-electron chi connectivity index (χ4n) is 1.69. The minimum Gasteiger partial charge on any atom is -0.398 e. The van der Waals surface area contributed by atoms with Crippen molar-refractivity contribution in [3.63, 3.8) is 0 Å². The number of anilines is 1. The molecule has 1 aromatic heterocycles. The van der Waals surface area contributed by atoms with Crippen LogP contribution in [-0.2, 0) is 10.0 Å². The molecule has 0 saturated carbocycles. The van der Waals surface area contributed by atoms with E-state index in [4.69, 9.17) is 5.73 Å². The van der Waals surface area contributed by atoms with Gasteiger partial charge in [-0.2, -0.15) is 0 Å². The summed E-state index contributed by atoms with van der Waals surface area (Å²) in [5.41, 5.74) is 6.03. The summed E-state index contributed by atoms with van der Waals surface area (Å²) in [7, 11) is -3.40. The molecule has 0 aliphatic carbocycles. The Labute approximate surface area is 114 Å². The molecular formula is C12H22N2O2S2. The van der Waals surface area contributed by atoms with Crippen LogP contribution in [0.1, 0.15) is 40.0 Å². The molecule has 0 aliphatic heterocycles. The van der Waals surface area contributed by atoms with Crippen molar-refractivity contribution in [2.75, 3.05) is 5.73 Å². The highest BCUT2D eigenvalue weighted by atomic mass is 32.2. The first-order chi connectivity index (χ1) is 8.31. The molecule has 1 rings (SSSR count). The number of thiophene rings is 1. The Balaban J connectivity index is 2.50. The smallest absolute Gasteiger partial charge is 0.250 e.